The van der Waals surface area contributed by atoms with E-state index in [1.165, 1.54) is 19.3 Å². The topological polar surface area (TPSA) is 0 Å². The van der Waals surface area contributed by atoms with Crippen LogP contribution in [-0.2, 0) is 22.9 Å². The first kappa shape index (κ1) is 11.3. The molecule has 0 heterocycles. The Hall–Kier alpha value is -0.170. The molecule has 0 fully saturated rings. The van der Waals surface area contributed by atoms with E-state index in [1.54, 1.807) is 20.0 Å². The molecule has 78 valence electrons. The van der Waals surface area contributed by atoms with Crippen LogP contribution < -0.4 is 0 Å². The molecule has 0 bridgehead atoms. The molecule has 0 amide bonds. The van der Waals surface area contributed by atoms with Gasteiger partial charge in [-0.2, -0.15) is 0 Å². The van der Waals surface area contributed by atoms with Crippen molar-refractivity contribution >= 4 is 0 Å². The van der Waals surface area contributed by atoms with E-state index in [0.717, 1.165) is 0 Å². The average molecular weight is 365 g/mol. The molecule has 0 aliphatic heterocycles. The summed E-state index contributed by atoms with van der Waals surface area (Å²) in [6, 6.07) is 0. The molecule has 0 atom stereocenters. The molecule has 0 aromatic heterocycles. The molecular formula is C14H18Hf. The molecule has 0 spiro atoms. The second kappa shape index (κ2) is 4.78. The van der Waals surface area contributed by atoms with Gasteiger partial charge in [0.15, 0.2) is 0 Å². The van der Waals surface area contributed by atoms with Gasteiger partial charge < -0.3 is 0 Å². The van der Waals surface area contributed by atoms with E-state index in [4.69, 9.17) is 0 Å². The number of rotatable bonds is 3. The molecule has 2 aliphatic rings. The number of allylic oxidation sites excluding steroid dienone is 8. The SMILES string of the molecule is CCC1=[C]([Hf][C]2=CCC(C)=C2C)CC=C1. The molecule has 0 nitrogen and oxygen atoms in total. The first-order valence-electron chi connectivity index (χ1n) is 5.74. The van der Waals surface area contributed by atoms with Crippen molar-refractivity contribution < 1.29 is 22.9 Å². The minimum absolute atomic E-state index is 0.686. The van der Waals surface area contributed by atoms with Crippen LogP contribution in [0.25, 0.3) is 0 Å². The van der Waals surface area contributed by atoms with Gasteiger partial charge in [0.05, 0.1) is 0 Å². The molecule has 2 aliphatic carbocycles. The molecule has 0 radical (unpaired) electrons. The third-order valence-electron chi connectivity index (χ3n) is 3.35. The van der Waals surface area contributed by atoms with E-state index in [2.05, 4.69) is 39.0 Å². The Labute approximate surface area is 104 Å². The molecule has 1 heteroatoms. The van der Waals surface area contributed by atoms with Crippen LogP contribution in [0, 0.1) is 0 Å². The summed E-state index contributed by atoms with van der Waals surface area (Å²) in [6.45, 7) is 6.88. The van der Waals surface area contributed by atoms with Crippen molar-refractivity contribution in [3.63, 3.8) is 0 Å². The normalized spacial score (nSPS) is 20.3. The summed E-state index contributed by atoms with van der Waals surface area (Å²) in [7, 11) is 0. The fourth-order valence-electron chi connectivity index (χ4n) is 2.11. The van der Waals surface area contributed by atoms with Gasteiger partial charge >= 0.3 is 105 Å². The van der Waals surface area contributed by atoms with E-state index in [1.807, 2.05) is 3.33 Å². The fraction of sp³-hybridized carbons (Fsp3) is 0.429. The van der Waals surface area contributed by atoms with Gasteiger partial charge in [0.2, 0.25) is 0 Å². The Morgan fingerprint density at radius 2 is 2.07 bits per heavy atom. The molecule has 15 heavy (non-hydrogen) atoms. The van der Waals surface area contributed by atoms with Gasteiger partial charge in [-0.15, -0.1) is 0 Å². The monoisotopic (exact) mass is 366 g/mol. The van der Waals surface area contributed by atoms with Crippen LogP contribution >= 0.6 is 0 Å². The number of hydrogen-bond acceptors (Lipinski definition) is 0. The maximum absolute atomic E-state index is 2.49. The fourth-order valence-corrected chi connectivity index (χ4v) is 7.75. The van der Waals surface area contributed by atoms with Crippen molar-refractivity contribution in [2.45, 2.75) is 40.0 Å². The zero-order valence-electron chi connectivity index (χ0n) is 9.85. The molecule has 0 saturated carbocycles. The summed E-state index contributed by atoms with van der Waals surface area (Å²) < 4.78 is 3.59. The Kier molecular flexibility index (Phi) is 3.61. The predicted molar refractivity (Wildman–Crippen MR) is 62.1 cm³/mol. The van der Waals surface area contributed by atoms with Crippen molar-refractivity contribution in [3.8, 4) is 0 Å². The Bertz CT molecular complexity index is 392. The van der Waals surface area contributed by atoms with E-state index in [0.29, 0.717) is 0 Å². The van der Waals surface area contributed by atoms with Crippen LogP contribution in [0.2, 0.25) is 0 Å². The Morgan fingerprint density at radius 3 is 2.67 bits per heavy atom. The van der Waals surface area contributed by atoms with Crippen molar-refractivity contribution in [1.29, 1.82) is 0 Å². The van der Waals surface area contributed by atoms with Crippen LogP contribution in [0.1, 0.15) is 40.0 Å². The molecule has 0 N–H and O–H groups in total. The summed E-state index contributed by atoms with van der Waals surface area (Å²) in [6.07, 6.45) is 10.9. The molecular weight excluding hydrogens is 347 g/mol. The first-order chi connectivity index (χ1) is 7.22. The number of hydrogen-bond donors (Lipinski definition) is 0. The Morgan fingerprint density at radius 1 is 1.27 bits per heavy atom. The van der Waals surface area contributed by atoms with Crippen molar-refractivity contribution in [2.24, 2.45) is 0 Å². The van der Waals surface area contributed by atoms with Gasteiger partial charge in [0.1, 0.15) is 0 Å². The van der Waals surface area contributed by atoms with E-state index in [9.17, 15) is 0 Å². The third-order valence-corrected chi connectivity index (χ3v) is 9.37. The van der Waals surface area contributed by atoms with Gasteiger partial charge in [-0.05, 0) is 0 Å². The summed E-state index contributed by atoms with van der Waals surface area (Å²) in [4.78, 5) is 0. The summed E-state index contributed by atoms with van der Waals surface area (Å²) in [5.41, 5.74) is 4.87. The van der Waals surface area contributed by atoms with Crippen LogP contribution in [0.5, 0.6) is 0 Å². The van der Waals surface area contributed by atoms with Crippen LogP contribution in [-0.4, -0.2) is 0 Å². The average Bonchev–Trinajstić information content (AvgIpc) is 2.80. The maximum atomic E-state index is 2.49. The second-order valence-corrected chi connectivity index (χ2v) is 9.32. The van der Waals surface area contributed by atoms with Crippen molar-refractivity contribution in [1.82, 2.24) is 0 Å². The predicted octanol–water partition coefficient (Wildman–Crippen LogP) is 4.32. The Balaban J connectivity index is 2.12. The molecule has 0 saturated heterocycles. The first-order valence-corrected chi connectivity index (χ1v) is 9.34. The second-order valence-electron chi connectivity index (χ2n) is 4.32. The summed E-state index contributed by atoms with van der Waals surface area (Å²) in [5, 5.41) is 0. The van der Waals surface area contributed by atoms with Gasteiger partial charge in [-0.3, -0.25) is 0 Å². The van der Waals surface area contributed by atoms with Crippen molar-refractivity contribution in [3.05, 3.63) is 41.6 Å². The van der Waals surface area contributed by atoms with E-state index in [-0.39, 0.29) is 0 Å². The summed E-state index contributed by atoms with van der Waals surface area (Å²) >= 11 is -0.686. The van der Waals surface area contributed by atoms with E-state index >= 15 is 0 Å². The zero-order chi connectivity index (χ0) is 10.8. The molecule has 2 rings (SSSR count). The van der Waals surface area contributed by atoms with Gasteiger partial charge in [-0.1, -0.05) is 0 Å². The van der Waals surface area contributed by atoms with Gasteiger partial charge in [-0.25, -0.2) is 0 Å². The van der Waals surface area contributed by atoms with Gasteiger partial charge in [0.25, 0.3) is 0 Å². The molecule has 0 aromatic carbocycles. The molecule has 0 aromatic rings. The van der Waals surface area contributed by atoms with Gasteiger partial charge in [0, 0.05) is 0 Å². The van der Waals surface area contributed by atoms with Crippen LogP contribution in [0.3, 0.4) is 0 Å². The van der Waals surface area contributed by atoms with E-state index < -0.39 is 22.9 Å². The summed E-state index contributed by atoms with van der Waals surface area (Å²) in [5.74, 6) is 0. The minimum atomic E-state index is -0.686. The quantitative estimate of drug-likeness (QED) is 0.654. The molecule has 0 unspecified atom stereocenters. The standard InChI is InChI=1S/2C7H9.Hf/c1-6-4-3-5-7(6)2;1-2-7-5-3-4-6-7;/h3H,4H2,1-2H3;3,5H,2,4H2,1H3;. The van der Waals surface area contributed by atoms with Crippen LogP contribution in [0.4, 0.5) is 0 Å². The zero-order valence-corrected chi connectivity index (χ0v) is 13.4. The van der Waals surface area contributed by atoms with Crippen molar-refractivity contribution in [2.75, 3.05) is 0 Å². The van der Waals surface area contributed by atoms with Crippen LogP contribution in [0.15, 0.2) is 41.6 Å². The third kappa shape index (κ3) is 2.33.